The Morgan fingerprint density at radius 1 is 0.968 bits per heavy atom. The van der Waals surface area contributed by atoms with E-state index in [1.165, 1.54) is 16.7 Å². The summed E-state index contributed by atoms with van der Waals surface area (Å²) in [6, 6.07) is 26.4. The smallest absolute Gasteiger partial charge is 0.410 e. The van der Waals surface area contributed by atoms with Crippen molar-refractivity contribution >= 4 is 11.8 Å². The zero-order valence-electron chi connectivity index (χ0n) is 18.1. The van der Waals surface area contributed by atoms with Gasteiger partial charge in [0.25, 0.3) is 0 Å². The van der Waals surface area contributed by atoms with E-state index < -0.39 is 6.09 Å². The molecule has 160 valence electrons. The molecule has 0 aromatic heterocycles. The largest absolute Gasteiger partial charge is 0.412 e. The quantitative estimate of drug-likeness (QED) is 0.637. The summed E-state index contributed by atoms with van der Waals surface area (Å²) in [5, 5.41) is 2.98. The van der Waals surface area contributed by atoms with Crippen LogP contribution in [0.2, 0.25) is 0 Å². The van der Waals surface area contributed by atoms with Crippen LogP contribution in [0.3, 0.4) is 0 Å². The van der Waals surface area contributed by atoms with Crippen LogP contribution in [0.1, 0.15) is 22.7 Å². The molecule has 1 amide bonds. The number of nitrogens with one attached hydrogen (secondary N) is 1. The number of carbonyl (C=O) groups excluding carboxylic acids is 1. The highest BCUT2D eigenvalue weighted by Crippen LogP contribution is 2.28. The number of ether oxygens (including phenoxy) is 1. The molecule has 3 aromatic carbocycles. The fourth-order valence-corrected chi connectivity index (χ4v) is 4.05. The van der Waals surface area contributed by atoms with Crippen molar-refractivity contribution in [1.29, 1.82) is 0 Å². The zero-order valence-corrected chi connectivity index (χ0v) is 18.1. The molecule has 1 heterocycles. The van der Waals surface area contributed by atoms with E-state index in [9.17, 15) is 4.79 Å². The summed E-state index contributed by atoms with van der Waals surface area (Å²) in [7, 11) is 4.07. The van der Waals surface area contributed by atoms with E-state index in [-0.39, 0.29) is 6.04 Å². The standard InChI is InChI=1S/C26H29N3O2/c1-28(2)23-14-12-21(13-15-23)25(18-27-26(30)31-24-10-4-3-5-11-24)29-17-16-20-8-6-7-9-22(20)19-29/h3-15,25H,16-19H2,1-2H3,(H,27,30)/t25-/m1/s1. The SMILES string of the molecule is CN(C)c1ccc([C@@H](CNC(=O)Oc2ccccc2)N2CCc3ccccc3C2)cc1. The zero-order chi connectivity index (χ0) is 21.6. The van der Waals surface area contributed by atoms with E-state index in [1.807, 2.05) is 32.3 Å². The summed E-state index contributed by atoms with van der Waals surface area (Å²) in [6.45, 7) is 2.30. The fourth-order valence-electron chi connectivity index (χ4n) is 4.05. The van der Waals surface area contributed by atoms with Gasteiger partial charge in [0.15, 0.2) is 0 Å². The van der Waals surface area contributed by atoms with Crippen molar-refractivity contribution in [2.24, 2.45) is 0 Å². The lowest BCUT2D eigenvalue weighted by Gasteiger charge is -2.36. The lowest BCUT2D eigenvalue weighted by atomic mass is 9.96. The minimum absolute atomic E-state index is 0.0629. The van der Waals surface area contributed by atoms with Crippen LogP contribution in [0.15, 0.2) is 78.9 Å². The third-order valence-electron chi connectivity index (χ3n) is 5.79. The van der Waals surface area contributed by atoms with Crippen LogP contribution in [-0.4, -0.2) is 38.2 Å². The second-order valence-electron chi connectivity index (χ2n) is 8.07. The Morgan fingerprint density at radius 2 is 1.65 bits per heavy atom. The number of amides is 1. The first-order valence-corrected chi connectivity index (χ1v) is 10.7. The number of fused-ring (bicyclic) bond motifs is 1. The normalized spacial score (nSPS) is 14.4. The molecule has 0 radical (unpaired) electrons. The van der Waals surface area contributed by atoms with Crippen molar-refractivity contribution in [3.05, 3.63) is 95.6 Å². The number of nitrogens with zero attached hydrogens (tertiary/aromatic N) is 2. The van der Waals surface area contributed by atoms with Crippen LogP contribution in [0.25, 0.3) is 0 Å². The molecule has 1 aliphatic heterocycles. The Hall–Kier alpha value is -3.31. The molecule has 0 bridgehead atoms. The third-order valence-corrected chi connectivity index (χ3v) is 5.79. The van der Waals surface area contributed by atoms with Gasteiger partial charge < -0.3 is 15.0 Å². The number of rotatable bonds is 6. The van der Waals surface area contributed by atoms with Gasteiger partial charge >= 0.3 is 6.09 Å². The molecular formula is C26H29N3O2. The van der Waals surface area contributed by atoms with Crippen molar-refractivity contribution < 1.29 is 9.53 Å². The van der Waals surface area contributed by atoms with Crippen LogP contribution in [0.5, 0.6) is 5.75 Å². The van der Waals surface area contributed by atoms with E-state index >= 15 is 0 Å². The predicted molar refractivity (Wildman–Crippen MR) is 125 cm³/mol. The van der Waals surface area contributed by atoms with Crippen LogP contribution in [0, 0.1) is 0 Å². The molecule has 5 nitrogen and oxygen atoms in total. The van der Waals surface area contributed by atoms with E-state index in [0.717, 1.165) is 25.2 Å². The molecule has 0 unspecified atom stereocenters. The first-order valence-electron chi connectivity index (χ1n) is 10.7. The summed E-state index contributed by atoms with van der Waals surface area (Å²) >= 11 is 0. The summed E-state index contributed by atoms with van der Waals surface area (Å²) in [6.07, 6.45) is 0.579. The number of hydrogen-bond donors (Lipinski definition) is 1. The monoisotopic (exact) mass is 415 g/mol. The van der Waals surface area contributed by atoms with Crippen LogP contribution < -0.4 is 15.0 Å². The molecule has 1 atom stereocenters. The van der Waals surface area contributed by atoms with Crippen molar-refractivity contribution in [1.82, 2.24) is 10.2 Å². The minimum Gasteiger partial charge on any atom is -0.410 e. The second kappa shape index (κ2) is 9.67. The van der Waals surface area contributed by atoms with Crippen molar-refractivity contribution in [2.75, 3.05) is 32.1 Å². The van der Waals surface area contributed by atoms with E-state index in [0.29, 0.717) is 12.3 Å². The summed E-state index contributed by atoms with van der Waals surface area (Å²) < 4.78 is 5.42. The molecule has 5 heteroatoms. The van der Waals surface area contributed by atoms with Crippen LogP contribution in [-0.2, 0) is 13.0 Å². The maximum atomic E-state index is 12.4. The topological polar surface area (TPSA) is 44.8 Å². The Bertz CT molecular complexity index is 1000. The molecule has 1 aliphatic rings. The van der Waals surface area contributed by atoms with E-state index in [1.54, 1.807) is 12.1 Å². The van der Waals surface area contributed by atoms with Gasteiger partial charge in [-0.1, -0.05) is 54.6 Å². The number of anilines is 1. The lowest BCUT2D eigenvalue weighted by Crippen LogP contribution is -2.41. The Balaban J connectivity index is 1.50. The average molecular weight is 416 g/mol. The van der Waals surface area contributed by atoms with Crippen LogP contribution >= 0.6 is 0 Å². The summed E-state index contributed by atoms with van der Waals surface area (Å²) in [5.74, 6) is 0.541. The Morgan fingerprint density at radius 3 is 2.35 bits per heavy atom. The number of carbonyl (C=O) groups is 1. The molecule has 0 saturated heterocycles. The Labute approximate surface area is 184 Å². The van der Waals surface area contributed by atoms with Crippen molar-refractivity contribution in [3.63, 3.8) is 0 Å². The molecule has 3 aromatic rings. The highest BCUT2D eigenvalue weighted by Gasteiger charge is 2.25. The average Bonchev–Trinajstić information content (AvgIpc) is 2.80. The maximum absolute atomic E-state index is 12.4. The van der Waals surface area contributed by atoms with E-state index in [2.05, 4.69) is 63.6 Å². The molecule has 1 N–H and O–H groups in total. The van der Waals surface area contributed by atoms with Gasteiger partial charge in [-0.05, 0) is 47.4 Å². The third kappa shape index (κ3) is 5.25. The van der Waals surface area contributed by atoms with Gasteiger partial charge in [0.2, 0.25) is 0 Å². The molecule has 4 rings (SSSR count). The van der Waals surface area contributed by atoms with Gasteiger partial charge in [-0.3, -0.25) is 4.90 Å². The molecule has 0 aliphatic carbocycles. The fraction of sp³-hybridized carbons (Fsp3) is 0.269. The van der Waals surface area contributed by atoms with Gasteiger partial charge in [-0.15, -0.1) is 0 Å². The first-order chi connectivity index (χ1) is 15.1. The van der Waals surface area contributed by atoms with Gasteiger partial charge in [0.1, 0.15) is 5.75 Å². The predicted octanol–water partition coefficient (Wildman–Crippen LogP) is 4.64. The second-order valence-corrected chi connectivity index (χ2v) is 8.07. The molecule has 31 heavy (non-hydrogen) atoms. The lowest BCUT2D eigenvalue weighted by molar-refractivity contribution is 0.165. The van der Waals surface area contributed by atoms with Gasteiger partial charge in [0.05, 0.1) is 6.04 Å². The first kappa shape index (κ1) is 20.9. The molecular weight excluding hydrogens is 386 g/mol. The maximum Gasteiger partial charge on any atom is 0.412 e. The van der Waals surface area contributed by atoms with Crippen molar-refractivity contribution in [3.8, 4) is 5.75 Å². The minimum atomic E-state index is -0.432. The summed E-state index contributed by atoms with van der Waals surface area (Å²) in [5.41, 5.74) is 5.11. The van der Waals surface area contributed by atoms with Gasteiger partial charge in [0, 0.05) is 39.4 Å². The van der Waals surface area contributed by atoms with Crippen LogP contribution in [0.4, 0.5) is 10.5 Å². The highest BCUT2D eigenvalue weighted by molar-refractivity contribution is 5.70. The molecule has 0 saturated carbocycles. The van der Waals surface area contributed by atoms with Gasteiger partial charge in [-0.25, -0.2) is 4.79 Å². The van der Waals surface area contributed by atoms with Gasteiger partial charge in [-0.2, -0.15) is 0 Å². The van der Waals surface area contributed by atoms with E-state index in [4.69, 9.17) is 4.74 Å². The highest BCUT2D eigenvalue weighted by atomic mass is 16.6. The number of para-hydroxylation sites is 1. The summed E-state index contributed by atoms with van der Waals surface area (Å²) in [4.78, 5) is 16.9. The molecule has 0 fully saturated rings. The van der Waals surface area contributed by atoms with Crippen molar-refractivity contribution in [2.45, 2.75) is 19.0 Å². The Kier molecular flexibility index (Phi) is 6.53. The number of benzene rings is 3. The number of hydrogen-bond acceptors (Lipinski definition) is 4. The molecule has 0 spiro atoms.